The molecule has 3 rings (SSSR count). The van der Waals surface area contributed by atoms with Gasteiger partial charge in [-0.1, -0.05) is 12.1 Å². The maximum atomic E-state index is 12.4. The van der Waals surface area contributed by atoms with Gasteiger partial charge in [0.25, 0.3) is 0 Å². The second-order valence-corrected chi connectivity index (χ2v) is 5.25. The highest BCUT2D eigenvalue weighted by Gasteiger charge is 2.13. The smallest absolute Gasteiger partial charge is 0.170 e. The quantitative estimate of drug-likeness (QED) is 0.592. The molecular weight excluding hydrogens is 262 g/mol. The van der Waals surface area contributed by atoms with Gasteiger partial charge in [0.15, 0.2) is 5.78 Å². The van der Waals surface area contributed by atoms with Crippen LogP contribution in [0.2, 0.25) is 0 Å². The number of nitrogens with two attached hydrogens (primary N) is 1. The van der Waals surface area contributed by atoms with Crippen molar-refractivity contribution in [2.45, 2.75) is 13.3 Å². The summed E-state index contributed by atoms with van der Waals surface area (Å²) >= 11 is 0. The SMILES string of the molecule is Cc1cc(C(=O)Cc2nc3ccccc3n2C)ccc1N. The molecule has 0 unspecified atom stereocenters. The molecule has 0 aliphatic heterocycles. The van der Waals surface area contributed by atoms with E-state index in [-0.39, 0.29) is 12.2 Å². The standard InChI is InChI=1S/C17H17N3O/c1-11-9-12(7-8-13(11)18)16(21)10-17-19-14-5-3-4-6-15(14)20(17)2/h3-9H,10,18H2,1-2H3. The van der Waals surface area contributed by atoms with Gasteiger partial charge in [0.2, 0.25) is 0 Å². The predicted octanol–water partition coefficient (Wildman–Crippen LogP) is 2.89. The highest BCUT2D eigenvalue weighted by Crippen LogP contribution is 2.17. The number of hydrogen-bond donors (Lipinski definition) is 1. The van der Waals surface area contributed by atoms with Crippen LogP contribution in [-0.4, -0.2) is 15.3 Å². The molecule has 0 fully saturated rings. The number of hydrogen-bond acceptors (Lipinski definition) is 3. The van der Waals surface area contributed by atoms with Gasteiger partial charge in [0.1, 0.15) is 5.82 Å². The van der Waals surface area contributed by atoms with Crippen LogP contribution in [0.25, 0.3) is 11.0 Å². The van der Waals surface area contributed by atoms with Crippen LogP contribution >= 0.6 is 0 Å². The number of anilines is 1. The zero-order valence-corrected chi connectivity index (χ0v) is 12.1. The van der Waals surface area contributed by atoms with E-state index in [0.717, 1.165) is 22.4 Å². The van der Waals surface area contributed by atoms with Gasteiger partial charge in [-0.25, -0.2) is 4.98 Å². The Morgan fingerprint density at radius 3 is 2.71 bits per heavy atom. The Balaban J connectivity index is 1.92. The van der Waals surface area contributed by atoms with Gasteiger partial charge in [-0.15, -0.1) is 0 Å². The monoisotopic (exact) mass is 279 g/mol. The van der Waals surface area contributed by atoms with Crippen LogP contribution in [-0.2, 0) is 13.5 Å². The molecule has 0 saturated carbocycles. The fourth-order valence-electron chi connectivity index (χ4n) is 2.45. The molecule has 3 aromatic rings. The van der Waals surface area contributed by atoms with Crippen LogP contribution in [0.15, 0.2) is 42.5 Å². The molecule has 0 aliphatic carbocycles. The second-order valence-electron chi connectivity index (χ2n) is 5.25. The summed E-state index contributed by atoms with van der Waals surface area (Å²) in [7, 11) is 1.94. The minimum atomic E-state index is 0.0523. The van der Waals surface area contributed by atoms with Crippen LogP contribution in [0.4, 0.5) is 5.69 Å². The molecule has 1 heterocycles. The average Bonchev–Trinajstić information content (AvgIpc) is 2.79. The molecule has 0 saturated heterocycles. The Morgan fingerprint density at radius 2 is 2.00 bits per heavy atom. The molecular formula is C17H17N3O. The average molecular weight is 279 g/mol. The van der Waals surface area contributed by atoms with Crippen molar-refractivity contribution in [1.82, 2.24) is 9.55 Å². The summed E-state index contributed by atoms with van der Waals surface area (Å²) in [5, 5.41) is 0. The first-order chi connectivity index (χ1) is 10.1. The molecule has 4 nitrogen and oxygen atoms in total. The lowest BCUT2D eigenvalue weighted by Gasteiger charge is -2.05. The first-order valence-electron chi connectivity index (χ1n) is 6.86. The third-order valence-corrected chi connectivity index (χ3v) is 3.79. The molecule has 2 aromatic carbocycles. The summed E-state index contributed by atoms with van der Waals surface area (Å²) in [5.74, 6) is 0.826. The Bertz CT molecular complexity index is 833. The van der Waals surface area contributed by atoms with E-state index in [1.165, 1.54) is 0 Å². The van der Waals surface area contributed by atoms with E-state index in [4.69, 9.17) is 5.73 Å². The summed E-state index contributed by atoms with van der Waals surface area (Å²) in [4.78, 5) is 16.9. The highest BCUT2D eigenvalue weighted by atomic mass is 16.1. The lowest BCUT2D eigenvalue weighted by molar-refractivity contribution is 0.0990. The van der Waals surface area contributed by atoms with E-state index in [1.807, 2.05) is 48.9 Å². The number of aromatic nitrogens is 2. The first kappa shape index (κ1) is 13.4. The van der Waals surface area contributed by atoms with E-state index in [9.17, 15) is 4.79 Å². The summed E-state index contributed by atoms with van der Waals surface area (Å²) in [6.07, 6.45) is 0.286. The van der Waals surface area contributed by atoms with Gasteiger partial charge in [0, 0.05) is 18.3 Å². The molecule has 106 valence electrons. The minimum absolute atomic E-state index is 0.0523. The van der Waals surface area contributed by atoms with Crippen molar-refractivity contribution in [2.75, 3.05) is 5.73 Å². The number of fused-ring (bicyclic) bond motifs is 1. The van der Waals surface area contributed by atoms with Gasteiger partial charge in [-0.05, 0) is 42.8 Å². The molecule has 0 spiro atoms. The fourth-order valence-corrected chi connectivity index (χ4v) is 2.45. The first-order valence-corrected chi connectivity index (χ1v) is 6.86. The van der Waals surface area contributed by atoms with Gasteiger partial charge in [-0.2, -0.15) is 0 Å². The maximum Gasteiger partial charge on any atom is 0.170 e. The number of para-hydroxylation sites is 2. The van der Waals surface area contributed by atoms with Gasteiger partial charge in [0.05, 0.1) is 17.5 Å². The van der Waals surface area contributed by atoms with Crippen LogP contribution in [0.3, 0.4) is 0 Å². The Morgan fingerprint density at radius 1 is 1.24 bits per heavy atom. The minimum Gasteiger partial charge on any atom is -0.399 e. The largest absolute Gasteiger partial charge is 0.399 e. The second kappa shape index (κ2) is 5.05. The number of nitrogen functional groups attached to an aromatic ring is 1. The van der Waals surface area contributed by atoms with Crippen molar-refractivity contribution in [3.8, 4) is 0 Å². The molecule has 2 N–H and O–H groups in total. The summed E-state index contributed by atoms with van der Waals surface area (Å²) in [6.45, 7) is 1.90. The Labute approximate surface area is 123 Å². The number of nitrogens with zero attached hydrogens (tertiary/aromatic N) is 2. The van der Waals surface area contributed by atoms with Gasteiger partial charge in [-0.3, -0.25) is 4.79 Å². The number of ketones is 1. The zero-order chi connectivity index (χ0) is 15.0. The lowest BCUT2D eigenvalue weighted by Crippen LogP contribution is -2.09. The third kappa shape index (κ3) is 2.40. The van der Waals surface area contributed by atoms with E-state index >= 15 is 0 Å². The van der Waals surface area contributed by atoms with Gasteiger partial charge < -0.3 is 10.3 Å². The topological polar surface area (TPSA) is 60.9 Å². The molecule has 0 amide bonds. The molecule has 4 heteroatoms. The molecule has 0 radical (unpaired) electrons. The number of benzene rings is 2. The van der Waals surface area contributed by atoms with Crippen LogP contribution in [0.5, 0.6) is 0 Å². The zero-order valence-electron chi connectivity index (χ0n) is 12.1. The number of imidazole rings is 1. The molecule has 21 heavy (non-hydrogen) atoms. The number of rotatable bonds is 3. The van der Waals surface area contributed by atoms with Crippen molar-refractivity contribution < 1.29 is 4.79 Å². The fraction of sp³-hybridized carbons (Fsp3) is 0.176. The number of Topliss-reactive ketones (excluding diaryl/α,β-unsaturated/α-hetero) is 1. The molecule has 0 bridgehead atoms. The number of aryl methyl sites for hydroxylation is 2. The van der Waals surface area contributed by atoms with Crippen molar-refractivity contribution in [2.24, 2.45) is 7.05 Å². The molecule has 0 aliphatic rings. The predicted molar refractivity (Wildman–Crippen MR) is 84.3 cm³/mol. The van der Waals surface area contributed by atoms with E-state index in [1.54, 1.807) is 12.1 Å². The number of carbonyl (C=O) groups excluding carboxylic acids is 1. The molecule has 0 atom stereocenters. The van der Waals surface area contributed by atoms with Gasteiger partial charge >= 0.3 is 0 Å². The summed E-state index contributed by atoms with van der Waals surface area (Å²) < 4.78 is 1.97. The Hall–Kier alpha value is -2.62. The van der Waals surface area contributed by atoms with Crippen LogP contribution in [0, 0.1) is 6.92 Å². The van der Waals surface area contributed by atoms with Crippen molar-refractivity contribution >= 4 is 22.5 Å². The normalized spacial score (nSPS) is 11.0. The maximum absolute atomic E-state index is 12.4. The van der Waals surface area contributed by atoms with Crippen LogP contribution < -0.4 is 5.73 Å². The van der Waals surface area contributed by atoms with Crippen molar-refractivity contribution in [1.29, 1.82) is 0 Å². The highest BCUT2D eigenvalue weighted by molar-refractivity contribution is 5.98. The van der Waals surface area contributed by atoms with Crippen LogP contribution in [0.1, 0.15) is 21.7 Å². The van der Waals surface area contributed by atoms with E-state index in [2.05, 4.69) is 4.98 Å². The summed E-state index contributed by atoms with van der Waals surface area (Å²) in [5.41, 5.74) is 10.0. The van der Waals surface area contributed by atoms with Crippen molar-refractivity contribution in [3.63, 3.8) is 0 Å². The Kier molecular flexibility index (Phi) is 3.22. The van der Waals surface area contributed by atoms with E-state index in [0.29, 0.717) is 11.3 Å². The molecule has 1 aromatic heterocycles. The van der Waals surface area contributed by atoms with Crippen molar-refractivity contribution in [3.05, 3.63) is 59.4 Å². The third-order valence-electron chi connectivity index (χ3n) is 3.79. The number of carbonyl (C=O) groups is 1. The summed E-state index contributed by atoms with van der Waals surface area (Å²) in [6, 6.07) is 13.3. The van der Waals surface area contributed by atoms with E-state index < -0.39 is 0 Å². The lowest BCUT2D eigenvalue weighted by atomic mass is 10.0.